The van der Waals surface area contributed by atoms with Gasteiger partial charge in [-0.25, -0.2) is 9.48 Å². The second kappa shape index (κ2) is 9.26. The van der Waals surface area contributed by atoms with Crippen molar-refractivity contribution in [3.8, 4) is 11.4 Å². The van der Waals surface area contributed by atoms with Crippen LogP contribution in [0.3, 0.4) is 0 Å². The van der Waals surface area contributed by atoms with E-state index in [1.807, 2.05) is 44.2 Å². The van der Waals surface area contributed by atoms with E-state index in [1.54, 1.807) is 47.3 Å². The molecule has 0 unspecified atom stereocenters. The summed E-state index contributed by atoms with van der Waals surface area (Å²) in [4.78, 5) is 24.5. The molecule has 0 atom stereocenters. The molecule has 0 saturated carbocycles. The number of carbonyl (C=O) groups excluding carboxylic acids is 1. The Balaban J connectivity index is 1.27. The first-order valence-electron chi connectivity index (χ1n) is 11.0. The fourth-order valence-corrected chi connectivity index (χ4v) is 3.76. The Hall–Kier alpha value is -4.72. The zero-order chi connectivity index (χ0) is 24.4. The highest BCUT2D eigenvalue weighted by Gasteiger charge is 2.11. The highest BCUT2D eigenvalue weighted by Crippen LogP contribution is 2.24. The maximum Gasteiger partial charge on any atom is 0.339 e. The summed E-state index contributed by atoms with van der Waals surface area (Å²) in [5.41, 5.74) is 4.78. The van der Waals surface area contributed by atoms with Crippen molar-refractivity contribution in [1.82, 2.24) is 15.0 Å². The van der Waals surface area contributed by atoms with E-state index in [1.165, 1.54) is 6.07 Å². The van der Waals surface area contributed by atoms with Crippen LogP contribution in [0.2, 0.25) is 0 Å². The number of anilines is 1. The average Bonchev–Trinajstić information content (AvgIpc) is 3.33. The maximum absolute atomic E-state index is 12.6. The van der Waals surface area contributed by atoms with Crippen molar-refractivity contribution in [2.45, 2.75) is 20.5 Å². The second-order valence-electron chi connectivity index (χ2n) is 8.19. The van der Waals surface area contributed by atoms with E-state index in [4.69, 9.17) is 9.15 Å². The molecule has 1 amide bonds. The van der Waals surface area contributed by atoms with Crippen molar-refractivity contribution in [1.29, 1.82) is 0 Å². The summed E-state index contributed by atoms with van der Waals surface area (Å²) in [5, 5.41) is 11.9. The van der Waals surface area contributed by atoms with Crippen LogP contribution in [-0.2, 0) is 6.61 Å². The minimum atomic E-state index is -0.482. The van der Waals surface area contributed by atoms with Gasteiger partial charge in [0.25, 0.3) is 5.91 Å². The van der Waals surface area contributed by atoms with Crippen LogP contribution in [-0.4, -0.2) is 20.9 Å². The largest absolute Gasteiger partial charge is 0.486 e. The summed E-state index contributed by atoms with van der Waals surface area (Å²) in [6.45, 7) is 4.11. The third kappa shape index (κ3) is 4.81. The molecule has 0 radical (unpaired) electrons. The van der Waals surface area contributed by atoms with E-state index in [2.05, 4.69) is 15.6 Å². The average molecular weight is 466 g/mol. The Labute approximate surface area is 200 Å². The smallest absolute Gasteiger partial charge is 0.339 e. The molecule has 0 aliphatic heterocycles. The predicted octanol–water partition coefficient (Wildman–Crippen LogP) is 4.82. The molecule has 2 aromatic heterocycles. The van der Waals surface area contributed by atoms with Gasteiger partial charge in [0.05, 0.1) is 23.3 Å². The number of hydrogen-bond acceptors (Lipinski definition) is 6. The van der Waals surface area contributed by atoms with Crippen LogP contribution in [0.4, 0.5) is 5.69 Å². The second-order valence-corrected chi connectivity index (χ2v) is 8.19. The Morgan fingerprint density at radius 2 is 1.83 bits per heavy atom. The van der Waals surface area contributed by atoms with Gasteiger partial charge in [-0.15, -0.1) is 5.10 Å². The van der Waals surface area contributed by atoms with E-state index >= 15 is 0 Å². The zero-order valence-electron chi connectivity index (χ0n) is 19.2. The van der Waals surface area contributed by atoms with Gasteiger partial charge in [0.1, 0.15) is 23.6 Å². The summed E-state index contributed by atoms with van der Waals surface area (Å²) in [7, 11) is 0. The molecule has 35 heavy (non-hydrogen) atoms. The van der Waals surface area contributed by atoms with Gasteiger partial charge in [-0.05, 0) is 61.9 Å². The number of hydrogen-bond donors (Lipinski definition) is 1. The Kier molecular flexibility index (Phi) is 5.85. The first-order chi connectivity index (χ1) is 17.0. The molecule has 2 heterocycles. The van der Waals surface area contributed by atoms with Crippen molar-refractivity contribution in [3.05, 3.63) is 112 Å². The van der Waals surface area contributed by atoms with E-state index < -0.39 is 5.63 Å². The molecule has 3 aromatic carbocycles. The Bertz CT molecular complexity index is 1590. The molecule has 8 nitrogen and oxygen atoms in total. The minimum absolute atomic E-state index is 0.129. The molecule has 0 spiro atoms. The zero-order valence-corrected chi connectivity index (χ0v) is 19.2. The SMILES string of the molecule is Cc1ccc(NC(=O)c2ccc(-n3cc(COc4cc(=O)oc5ccccc45)nn3)cc2)c(C)c1. The molecule has 8 heteroatoms. The van der Waals surface area contributed by atoms with Gasteiger partial charge in [-0.2, -0.15) is 0 Å². The Morgan fingerprint density at radius 3 is 2.63 bits per heavy atom. The van der Waals surface area contributed by atoms with Crippen LogP contribution in [0.15, 0.2) is 88.2 Å². The number of fused-ring (bicyclic) bond motifs is 1. The van der Waals surface area contributed by atoms with Crippen molar-refractivity contribution in [3.63, 3.8) is 0 Å². The Morgan fingerprint density at radius 1 is 1.03 bits per heavy atom. The molecule has 0 fully saturated rings. The standard InChI is InChI=1S/C27H22N4O4/c1-17-7-12-23(18(2)13-17)28-27(33)19-8-10-21(11-9-19)31-15-20(29-30-31)16-34-25-14-26(32)35-24-6-4-3-5-22(24)25/h3-15H,16H2,1-2H3,(H,28,33). The first kappa shape index (κ1) is 22.1. The van der Waals surface area contributed by atoms with Gasteiger partial charge in [0, 0.05) is 11.3 Å². The summed E-state index contributed by atoms with van der Waals surface area (Å²) < 4.78 is 12.6. The van der Waals surface area contributed by atoms with Gasteiger partial charge in [-0.3, -0.25) is 4.79 Å². The summed E-state index contributed by atoms with van der Waals surface area (Å²) in [6.07, 6.45) is 1.73. The molecular weight excluding hydrogens is 444 g/mol. The third-order valence-electron chi connectivity index (χ3n) is 5.55. The van der Waals surface area contributed by atoms with Crippen LogP contribution >= 0.6 is 0 Å². The van der Waals surface area contributed by atoms with E-state index in [-0.39, 0.29) is 12.5 Å². The van der Waals surface area contributed by atoms with Crippen LogP contribution in [0, 0.1) is 13.8 Å². The quantitative estimate of drug-likeness (QED) is 0.360. The van der Waals surface area contributed by atoms with Crippen molar-refractivity contribution in [2.75, 3.05) is 5.32 Å². The van der Waals surface area contributed by atoms with Gasteiger partial charge < -0.3 is 14.5 Å². The highest BCUT2D eigenvalue weighted by atomic mass is 16.5. The number of amides is 1. The molecule has 0 aliphatic rings. The van der Waals surface area contributed by atoms with Gasteiger partial charge in [-0.1, -0.05) is 35.0 Å². The van der Waals surface area contributed by atoms with E-state index in [9.17, 15) is 9.59 Å². The molecule has 1 N–H and O–H groups in total. The monoisotopic (exact) mass is 466 g/mol. The van der Waals surface area contributed by atoms with Crippen LogP contribution < -0.4 is 15.7 Å². The summed E-state index contributed by atoms with van der Waals surface area (Å²) in [6, 6.07) is 21.5. The van der Waals surface area contributed by atoms with Gasteiger partial charge in [0.15, 0.2) is 0 Å². The van der Waals surface area contributed by atoms with Crippen molar-refractivity contribution < 1.29 is 13.9 Å². The lowest BCUT2D eigenvalue weighted by Crippen LogP contribution is -2.13. The molecular formula is C27H22N4O4. The lowest BCUT2D eigenvalue weighted by atomic mass is 10.1. The lowest BCUT2D eigenvalue weighted by molar-refractivity contribution is 0.102. The first-order valence-corrected chi connectivity index (χ1v) is 11.0. The minimum Gasteiger partial charge on any atom is -0.486 e. The van der Waals surface area contributed by atoms with E-state index in [0.29, 0.717) is 28.0 Å². The highest BCUT2D eigenvalue weighted by molar-refractivity contribution is 6.04. The van der Waals surface area contributed by atoms with Gasteiger partial charge >= 0.3 is 5.63 Å². The number of nitrogens with zero attached hydrogens (tertiary/aromatic N) is 3. The van der Waals surface area contributed by atoms with Crippen LogP contribution in [0.25, 0.3) is 16.7 Å². The number of rotatable bonds is 6. The number of ether oxygens (including phenoxy) is 1. The molecule has 5 aromatic rings. The molecule has 174 valence electrons. The number of para-hydroxylation sites is 1. The molecule has 0 saturated heterocycles. The summed E-state index contributed by atoms with van der Waals surface area (Å²) >= 11 is 0. The fourth-order valence-electron chi connectivity index (χ4n) is 3.76. The van der Waals surface area contributed by atoms with Gasteiger partial charge in [0.2, 0.25) is 0 Å². The fraction of sp³-hybridized carbons (Fsp3) is 0.111. The number of nitrogens with one attached hydrogen (secondary N) is 1. The predicted molar refractivity (Wildman–Crippen MR) is 132 cm³/mol. The van der Waals surface area contributed by atoms with Crippen molar-refractivity contribution >= 4 is 22.6 Å². The number of aryl methyl sites for hydroxylation is 2. The van der Waals surface area contributed by atoms with Crippen LogP contribution in [0.1, 0.15) is 27.2 Å². The maximum atomic E-state index is 12.6. The van der Waals surface area contributed by atoms with Crippen LogP contribution in [0.5, 0.6) is 5.75 Å². The summed E-state index contributed by atoms with van der Waals surface area (Å²) in [5.74, 6) is 0.237. The number of carbonyl (C=O) groups is 1. The topological polar surface area (TPSA) is 99.2 Å². The third-order valence-corrected chi connectivity index (χ3v) is 5.55. The lowest BCUT2D eigenvalue weighted by Gasteiger charge is -2.09. The molecule has 0 bridgehead atoms. The number of benzene rings is 3. The molecule has 5 rings (SSSR count). The van der Waals surface area contributed by atoms with E-state index in [0.717, 1.165) is 22.5 Å². The normalized spacial score (nSPS) is 10.9. The number of aromatic nitrogens is 3. The van der Waals surface area contributed by atoms with Crippen molar-refractivity contribution in [2.24, 2.45) is 0 Å². The molecule has 0 aliphatic carbocycles.